The largest absolute Gasteiger partial charge is 0.330 e. The Kier molecular flexibility index (Phi) is 4.74. The van der Waals surface area contributed by atoms with Crippen molar-refractivity contribution in [3.8, 4) is 10.6 Å². The predicted molar refractivity (Wildman–Crippen MR) is 105 cm³/mol. The molecule has 124 valence electrons. The van der Waals surface area contributed by atoms with Crippen LogP contribution in [-0.2, 0) is 6.42 Å². The van der Waals surface area contributed by atoms with Gasteiger partial charge in [0, 0.05) is 40.0 Å². The van der Waals surface area contributed by atoms with Gasteiger partial charge in [-0.3, -0.25) is 4.98 Å². The Labute approximate surface area is 158 Å². The second kappa shape index (κ2) is 7.31. The fourth-order valence-corrected chi connectivity index (χ4v) is 4.41. The van der Waals surface area contributed by atoms with Crippen LogP contribution in [0.3, 0.4) is 0 Å². The van der Waals surface area contributed by atoms with Gasteiger partial charge >= 0.3 is 0 Å². The van der Waals surface area contributed by atoms with Crippen molar-refractivity contribution in [3.63, 3.8) is 0 Å². The van der Waals surface area contributed by atoms with Crippen molar-refractivity contribution in [3.05, 3.63) is 75.7 Å². The van der Waals surface area contributed by atoms with Crippen LogP contribution in [0.5, 0.6) is 0 Å². The number of halogens is 1. The molecule has 0 saturated carbocycles. The highest BCUT2D eigenvalue weighted by Gasteiger charge is 2.13. The number of benzene rings is 1. The quantitative estimate of drug-likeness (QED) is 0.483. The predicted octanol–water partition coefficient (Wildman–Crippen LogP) is 5.65. The first-order valence-electron chi connectivity index (χ1n) is 7.60. The van der Waals surface area contributed by atoms with Crippen LogP contribution in [-0.4, -0.2) is 15.2 Å². The molecule has 1 aromatic carbocycles. The molecule has 0 atom stereocenters. The SMILES string of the molecule is Clc1cccc(Nc2nnc(-c3ccsc3Cc3ccncc3)s2)c1. The third-order valence-electron chi connectivity index (χ3n) is 3.59. The Balaban J connectivity index is 1.56. The first-order chi connectivity index (χ1) is 12.3. The van der Waals surface area contributed by atoms with E-state index in [-0.39, 0.29) is 0 Å². The zero-order chi connectivity index (χ0) is 17.1. The van der Waals surface area contributed by atoms with Gasteiger partial charge in [0.2, 0.25) is 5.13 Å². The van der Waals surface area contributed by atoms with Crippen LogP contribution in [0.15, 0.2) is 60.2 Å². The highest BCUT2D eigenvalue weighted by molar-refractivity contribution is 7.19. The van der Waals surface area contributed by atoms with E-state index in [0.717, 1.165) is 27.8 Å². The molecule has 0 aliphatic heterocycles. The normalized spacial score (nSPS) is 10.8. The van der Waals surface area contributed by atoms with Crippen LogP contribution in [0.2, 0.25) is 5.02 Å². The van der Waals surface area contributed by atoms with Gasteiger partial charge in [0.05, 0.1) is 0 Å². The molecule has 3 aromatic heterocycles. The molecular weight excluding hydrogens is 372 g/mol. The maximum absolute atomic E-state index is 6.02. The van der Waals surface area contributed by atoms with Crippen molar-refractivity contribution in [2.24, 2.45) is 0 Å². The van der Waals surface area contributed by atoms with Gasteiger partial charge in [-0.15, -0.1) is 21.5 Å². The summed E-state index contributed by atoms with van der Waals surface area (Å²) in [5.41, 5.74) is 3.27. The highest BCUT2D eigenvalue weighted by atomic mass is 35.5. The minimum atomic E-state index is 0.687. The summed E-state index contributed by atoms with van der Waals surface area (Å²) in [5, 5.41) is 16.3. The first-order valence-corrected chi connectivity index (χ1v) is 9.67. The molecular formula is C18H13ClN4S2. The lowest BCUT2D eigenvalue weighted by Crippen LogP contribution is -1.88. The molecule has 7 heteroatoms. The van der Waals surface area contributed by atoms with Gasteiger partial charge in [-0.1, -0.05) is 29.0 Å². The topological polar surface area (TPSA) is 50.7 Å². The van der Waals surface area contributed by atoms with Gasteiger partial charge in [0.15, 0.2) is 5.01 Å². The van der Waals surface area contributed by atoms with Crippen LogP contribution in [0.1, 0.15) is 10.4 Å². The minimum Gasteiger partial charge on any atom is -0.330 e. The number of hydrogen-bond donors (Lipinski definition) is 1. The van der Waals surface area contributed by atoms with Crippen LogP contribution < -0.4 is 5.32 Å². The van der Waals surface area contributed by atoms with E-state index >= 15 is 0 Å². The number of nitrogens with zero attached hydrogens (tertiary/aromatic N) is 3. The number of pyridine rings is 1. The number of anilines is 2. The second-order valence-corrected chi connectivity index (χ2v) is 7.75. The van der Waals surface area contributed by atoms with Crippen molar-refractivity contribution < 1.29 is 0 Å². The van der Waals surface area contributed by atoms with Gasteiger partial charge in [0.25, 0.3) is 0 Å². The Morgan fingerprint density at radius 2 is 1.92 bits per heavy atom. The highest BCUT2D eigenvalue weighted by Crippen LogP contribution is 2.34. The number of thiophene rings is 1. The molecule has 0 spiro atoms. The molecule has 0 amide bonds. The van der Waals surface area contributed by atoms with Crippen LogP contribution in [0.4, 0.5) is 10.8 Å². The fraction of sp³-hybridized carbons (Fsp3) is 0.0556. The summed E-state index contributed by atoms with van der Waals surface area (Å²) in [4.78, 5) is 5.34. The maximum atomic E-state index is 6.02. The number of rotatable bonds is 5. The fourth-order valence-electron chi connectivity index (χ4n) is 2.43. The summed E-state index contributed by atoms with van der Waals surface area (Å²) in [6.07, 6.45) is 4.51. The Hall–Kier alpha value is -2.28. The van der Waals surface area contributed by atoms with Gasteiger partial charge < -0.3 is 5.32 Å². The number of hydrogen-bond acceptors (Lipinski definition) is 6. The van der Waals surface area contributed by atoms with E-state index in [0.29, 0.717) is 5.02 Å². The molecule has 0 aliphatic carbocycles. The molecule has 3 heterocycles. The molecule has 0 unspecified atom stereocenters. The summed E-state index contributed by atoms with van der Waals surface area (Å²) in [6.45, 7) is 0. The van der Waals surface area contributed by atoms with Crippen LogP contribution in [0, 0.1) is 0 Å². The lowest BCUT2D eigenvalue weighted by atomic mass is 10.1. The molecule has 1 N–H and O–H groups in total. The van der Waals surface area contributed by atoms with Gasteiger partial charge in [-0.05, 0) is 47.3 Å². The van der Waals surface area contributed by atoms with Gasteiger partial charge in [-0.25, -0.2) is 0 Å². The Morgan fingerprint density at radius 3 is 2.76 bits per heavy atom. The Bertz CT molecular complexity index is 981. The number of nitrogens with one attached hydrogen (secondary N) is 1. The molecule has 4 nitrogen and oxygen atoms in total. The van der Waals surface area contributed by atoms with Crippen molar-refractivity contribution in [1.82, 2.24) is 15.2 Å². The van der Waals surface area contributed by atoms with Crippen LogP contribution in [0.25, 0.3) is 10.6 Å². The van der Waals surface area contributed by atoms with Gasteiger partial charge in [-0.2, -0.15) is 0 Å². The van der Waals surface area contributed by atoms with E-state index in [1.54, 1.807) is 11.3 Å². The van der Waals surface area contributed by atoms with E-state index in [1.807, 2.05) is 48.8 Å². The van der Waals surface area contributed by atoms with Gasteiger partial charge in [0.1, 0.15) is 0 Å². The minimum absolute atomic E-state index is 0.687. The van der Waals surface area contributed by atoms with E-state index in [1.165, 1.54) is 21.8 Å². The summed E-state index contributed by atoms with van der Waals surface area (Å²) in [5.74, 6) is 0. The molecule has 4 rings (SSSR count). The second-order valence-electron chi connectivity index (χ2n) is 5.34. The zero-order valence-electron chi connectivity index (χ0n) is 13.0. The zero-order valence-corrected chi connectivity index (χ0v) is 15.4. The van der Waals surface area contributed by atoms with Crippen molar-refractivity contribution in [1.29, 1.82) is 0 Å². The Morgan fingerprint density at radius 1 is 1.04 bits per heavy atom. The molecule has 4 aromatic rings. The van der Waals surface area contributed by atoms with E-state index in [4.69, 9.17) is 11.6 Å². The number of aromatic nitrogens is 3. The third-order valence-corrected chi connectivity index (χ3v) is 5.62. The monoisotopic (exact) mass is 384 g/mol. The average molecular weight is 385 g/mol. The van der Waals surface area contributed by atoms with Crippen LogP contribution >= 0.6 is 34.3 Å². The smallest absolute Gasteiger partial charge is 0.210 e. The van der Waals surface area contributed by atoms with Crippen molar-refractivity contribution >= 4 is 45.1 Å². The third kappa shape index (κ3) is 3.87. The molecule has 0 aliphatic rings. The van der Waals surface area contributed by atoms with E-state index < -0.39 is 0 Å². The summed E-state index contributed by atoms with van der Waals surface area (Å²) < 4.78 is 0. The maximum Gasteiger partial charge on any atom is 0.210 e. The molecule has 25 heavy (non-hydrogen) atoms. The molecule has 0 saturated heterocycles. The molecule has 0 fully saturated rings. The van der Waals surface area contributed by atoms with Crippen molar-refractivity contribution in [2.75, 3.05) is 5.32 Å². The summed E-state index contributed by atoms with van der Waals surface area (Å²) in [6, 6.07) is 13.7. The average Bonchev–Trinajstić information content (AvgIpc) is 3.25. The molecule has 0 radical (unpaired) electrons. The van der Waals surface area contributed by atoms with Crippen molar-refractivity contribution in [2.45, 2.75) is 6.42 Å². The van der Waals surface area contributed by atoms with E-state index in [2.05, 4.69) is 31.9 Å². The van der Waals surface area contributed by atoms with E-state index in [9.17, 15) is 0 Å². The summed E-state index contributed by atoms with van der Waals surface area (Å²) >= 11 is 9.29. The summed E-state index contributed by atoms with van der Waals surface area (Å²) in [7, 11) is 0. The molecule has 0 bridgehead atoms. The lowest BCUT2D eigenvalue weighted by molar-refractivity contribution is 1.09. The lowest BCUT2D eigenvalue weighted by Gasteiger charge is -2.02. The first kappa shape index (κ1) is 16.2. The standard InChI is InChI=1S/C18H13ClN4S2/c19-13-2-1-3-14(11-13)21-18-23-22-17(25-18)15-6-9-24-16(15)10-12-4-7-20-8-5-12/h1-9,11H,10H2,(H,21,23).